The largest absolute Gasteiger partial charge is 0.502 e. The Bertz CT molecular complexity index is 1080. The lowest BCUT2D eigenvalue weighted by Crippen LogP contribution is -2.18. The van der Waals surface area contributed by atoms with Gasteiger partial charge in [-0.1, -0.05) is 34.1 Å². The van der Waals surface area contributed by atoms with Crippen LogP contribution >= 0.6 is 15.9 Å². The van der Waals surface area contributed by atoms with E-state index in [2.05, 4.69) is 26.5 Å². The average Bonchev–Trinajstić information content (AvgIpc) is 2.74. The normalized spacial score (nSPS) is 10.7. The van der Waals surface area contributed by atoms with Gasteiger partial charge in [-0.05, 0) is 53.6 Å². The van der Waals surface area contributed by atoms with Crippen molar-refractivity contribution in [3.05, 3.63) is 98.0 Å². The fourth-order valence-corrected chi connectivity index (χ4v) is 2.75. The second-order valence-electron chi connectivity index (χ2n) is 6.11. The first-order valence-electron chi connectivity index (χ1n) is 8.71. The van der Waals surface area contributed by atoms with Gasteiger partial charge in [-0.15, -0.1) is 0 Å². The summed E-state index contributed by atoms with van der Waals surface area (Å²) in [4.78, 5) is 22.2. The van der Waals surface area contributed by atoms with Gasteiger partial charge >= 0.3 is 5.69 Å². The third kappa shape index (κ3) is 5.42. The Morgan fingerprint density at radius 2 is 1.83 bits per heavy atom. The molecule has 0 aliphatic heterocycles. The SMILES string of the molecule is O=C(N/N=C\c1ccc(OCc2ccc(Br)cc2)cc1)c1cccc([N+](=O)[O-])c1O. The van der Waals surface area contributed by atoms with Crippen LogP contribution in [0.5, 0.6) is 11.5 Å². The van der Waals surface area contributed by atoms with Crippen LogP contribution in [0.1, 0.15) is 21.5 Å². The van der Waals surface area contributed by atoms with Crippen molar-refractivity contribution in [3.8, 4) is 11.5 Å². The average molecular weight is 470 g/mol. The van der Waals surface area contributed by atoms with E-state index < -0.39 is 22.3 Å². The maximum atomic E-state index is 12.1. The molecule has 0 atom stereocenters. The summed E-state index contributed by atoms with van der Waals surface area (Å²) >= 11 is 3.39. The number of para-hydroxylation sites is 1. The van der Waals surface area contributed by atoms with Crippen molar-refractivity contribution in [2.75, 3.05) is 0 Å². The first-order chi connectivity index (χ1) is 14.4. The number of phenols is 1. The summed E-state index contributed by atoms with van der Waals surface area (Å²) < 4.78 is 6.72. The van der Waals surface area contributed by atoms with Crippen LogP contribution in [0.25, 0.3) is 0 Å². The lowest BCUT2D eigenvalue weighted by Gasteiger charge is -2.06. The van der Waals surface area contributed by atoms with E-state index in [1.807, 2.05) is 24.3 Å². The maximum Gasteiger partial charge on any atom is 0.311 e. The predicted octanol–water partition coefficient (Wildman–Crippen LogP) is 4.41. The smallest absolute Gasteiger partial charge is 0.311 e. The summed E-state index contributed by atoms with van der Waals surface area (Å²) in [5, 5.41) is 24.5. The third-order valence-electron chi connectivity index (χ3n) is 4.03. The molecular weight excluding hydrogens is 454 g/mol. The lowest BCUT2D eigenvalue weighted by atomic mass is 10.1. The second kappa shape index (κ2) is 9.66. The van der Waals surface area contributed by atoms with Gasteiger partial charge in [-0.2, -0.15) is 5.10 Å². The van der Waals surface area contributed by atoms with Gasteiger partial charge in [0, 0.05) is 10.5 Å². The van der Waals surface area contributed by atoms with Crippen LogP contribution in [0.4, 0.5) is 5.69 Å². The number of rotatable bonds is 7. The molecule has 30 heavy (non-hydrogen) atoms. The Morgan fingerprint density at radius 1 is 1.13 bits per heavy atom. The van der Waals surface area contributed by atoms with Gasteiger partial charge in [0.05, 0.1) is 16.7 Å². The highest BCUT2D eigenvalue weighted by Gasteiger charge is 2.20. The zero-order valence-electron chi connectivity index (χ0n) is 15.5. The van der Waals surface area contributed by atoms with E-state index in [0.717, 1.165) is 16.1 Å². The Hall–Kier alpha value is -3.72. The molecule has 0 saturated heterocycles. The van der Waals surface area contributed by atoms with Crippen LogP contribution in [0.3, 0.4) is 0 Å². The van der Waals surface area contributed by atoms with Gasteiger partial charge in [0.25, 0.3) is 5.91 Å². The van der Waals surface area contributed by atoms with Gasteiger partial charge in [-0.3, -0.25) is 14.9 Å². The molecule has 0 aromatic heterocycles. The van der Waals surface area contributed by atoms with Crippen molar-refractivity contribution >= 4 is 33.7 Å². The summed E-state index contributed by atoms with van der Waals surface area (Å²) in [6.45, 7) is 0.434. The van der Waals surface area contributed by atoms with Gasteiger partial charge in [0.2, 0.25) is 5.75 Å². The molecule has 3 aromatic rings. The number of carbonyl (C=O) groups is 1. The maximum absolute atomic E-state index is 12.1. The molecule has 0 unspecified atom stereocenters. The number of nitrogens with zero attached hydrogens (tertiary/aromatic N) is 2. The van der Waals surface area contributed by atoms with E-state index in [1.54, 1.807) is 24.3 Å². The van der Waals surface area contributed by atoms with E-state index in [4.69, 9.17) is 4.74 Å². The molecule has 8 nitrogen and oxygen atoms in total. The fourth-order valence-electron chi connectivity index (χ4n) is 2.48. The van der Waals surface area contributed by atoms with Crippen LogP contribution < -0.4 is 10.2 Å². The Labute approximate surface area is 180 Å². The third-order valence-corrected chi connectivity index (χ3v) is 4.56. The van der Waals surface area contributed by atoms with Crippen LogP contribution in [0, 0.1) is 10.1 Å². The monoisotopic (exact) mass is 469 g/mol. The topological polar surface area (TPSA) is 114 Å². The second-order valence-corrected chi connectivity index (χ2v) is 7.03. The molecule has 3 rings (SSSR count). The van der Waals surface area contributed by atoms with Crippen molar-refractivity contribution in [1.82, 2.24) is 5.43 Å². The van der Waals surface area contributed by atoms with Crippen molar-refractivity contribution in [2.24, 2.45) is 5.10 Å². The van der Waals surface area contributed by atoms with Crippen molar-refractivity contribution in [2.45, 2.75) is 6.61 Å². The number of carbonyl (C=O) groups excluding carboxylic acids is 1. The molecule has 0 aliphatic rings. The van der Waals surface area contributed by atoms with Crippen LogP contribution in [-0.4, -0.2) is 22.2 Å². The van der Waals surface area contributed by atoms with Crippen molar-refractivity contribution in [3.63, 3.8) is 0 Å². The van der Waals surface area contributed by atoms with Gasteiger partial charge < -0.3 is 9.84 Å². The number of nitrogens with one attached hydrogen (secondary N) is 1. The number of halogens is 1. The Kier molecular flexibility index (Phi) is 6.76. The van der Waals surface area contributed by atoms with E-state index in [0.29, 0.717) is 17.9 Å². The standard InChI is InChI=1S/C21H16BrN3O5/c22-16-8-4-15(5-9-16)13-30-17-10-6-14(7-11-17)12-23-24-21(27)18-2-1-3-19(20(18)26)25(28)29/h1-12,26H,13H2,(H,24,27)/b23-12-. The van der Waals surface area contributed by atoms with Gasteiger partial charge in [0.15, 0.2) is 0 Å². The highest BCUT2D eigenvalue weighted by atomic mass is 79.9. The summed E-state index contributed by atoms with van der Waals surface area (Å²) in [5.41, 5.74) is 3.19. The molecule has 0 spiro atoms. The number of aromatic hydroxyl groups is 1. The first-order valence-corrected chi connectivity index (χ1v) is 9.50. The van der Waals surface area contributed by atoms with Crippen molar-refractivity contribution < 1.29 is 19.6 Å². The Balaban J connectivity index is 1.56. The summed E-state index contributed by atoms with van der Waals surface area (Å²) in [7, 11) is 0. The first kappa shape index (κ1) is 21.0. The molecular formula is C21H16BrN3O5. The minimum absolute atomic E-state index is 0.238. The number of phenolic OH excluding ortho intramolecular Hbond substituents is 1. The quantitative estimate of drug-likeness (QED) is 0.302. The zero-order valence-corrected chi connectivity index (χ0v) is 17.1. The van der Waals surface area contributed by atoms with E-state index in [9.17, 15) is 20.0 Å². The summed E-state index contributed by atoms with van der Waals surface area (Å²) in [6, 6.07) is 18.6. The fraction of sp³-hybridized carbons (Fsp3) is 0.0476. The number of benzene rings is 3. The number of amides is 1. The molecule has 0 heterocycles. The van der Waals surface area contributed by atoms with Gasteiger partial charge in [-0.25, -0.2) is 5.43 Å². The number of hydrazone groups is 1. The van der Waals surface area contributed by atoms with Gasteiger partial charge in [0.1, 0.15) is 12.4 Å². The molecule has 9 heteroatoms. The molecule has 3 aromatic carbocycles. The molecule has 0 bridgehead atoms. The number of nitro benzene ring substituents is 1. The molecule has 0 aliphatic carbocycles. The van der Waals surface area contributed by atoms with E-state index in [1.165, 1.54) is 18.3 Å². The molecule has 2 N–H and O–H groups in total. The van der Waals surface area contributed by atoms with E-state index in [-0.39, 0.29) is 5.56 Å². The van der Waals surface area contributed by atoms with Crippen LogP contribution in [0.15, 0.2) is 76.3 Å². The zero-order chi connectivity index (χ0) is 21.5. The molecule has 0 fully saturated rings. The van der Waals surface area contributed by atoms with Crippen LogP contribution in [0.2, 0.25) is 0 Å². The highest BCUT2D eigenvalue weighted by Crippen LogP contribution is 2.29. The number of ether oxygens (including phenoxy) is 1. The minimum Gasteiger partial charge on any atom is -0.502 e. The lowest BCUT2D eigenvalue weighted by molar-refractivity contribution is -0.385. The molecule has 0 radical (unpaired) electrons. The molecule has 0 saturated carbocycles. The molecule has 1 amide bonds. The van der Waals surface area contributed by atoms with E-state index >= 15 is 0 Å². The highest BCUT2D eigenvalue weighted by molar-refractivity contribution is 9.10. The minimum atomic E-state index is -0.768. The summed E-state index contributed by atoms with van der Waals surface area (Å²) in [5.74, 6) is -0.787. The van der Waals surface area contributed by atoms with Crippen molar-refractivity contribution in [1.29, 1.82) is 0 Å². The number of hydrogen-bond acceptors (Lipinski definition) is 6. The number of nitro groups is 1. The predicted molar refractivity (Wildman–Crippen MR) is 115 cm³/mol. The van der Waals surface area contributed by atoms with Crippen LogP contribution in [-0.2, 0) is 6.61 Å². The summed E-state index contributed by atoms with van der Waals surface area (Å²) in [6.07, 6.45) is 1.41. The Morgan fingerprint density at radius 3 is 2.50 bits per heavy atom. The molecule has 152 valence electrons. The number of hydrogen-bond donors (Lipinski definition) is 2.